The van der Waals surface area contributed by atoms with Gasteiger partial charge in [-0.2, -0.15) is 5.10 Å². The number of hydrogen-bond acceptors (Lipinski definition) is 4. The van der Waals surface area contributed by atoms with E-state index in [1.165, 1.54) is 37.0 Å². The number of aromatic amines is 2. The molecule has 4 heterocycles. The first-order valence-corrected chi connectivity index (χ1v) is 14.4. The average molecular weight is 549 g/mol. The SMILES string of the molecule is C=C/C=C(/c1ccc(F)cc1)c1nc(-c2n[nH]c3ccc(-c4cncc(CN5CCCCC5)c4)cc23)[nH]c1C.CC. The molecule has 0 unspecified atom stereocenters. The molecular formula is C34H37FN6. The molecule has 1 aliphatic rings. The van der Waals surface area contributed by atoms with Crippen molar-refractivity contribution in [1.82, 2.24) is 30.0 Å². The number of hydrogen-bond donors (Lipinski definition) is 2. The normalized spacial score (nSPS) is 14.1. The van der Waals surface area contributed by atoms with Crippen LogP contribution in [0.4, 0.5) is 4.39 Å². The van der Waals surface area contributed by atoms with Gasteiger partial charge in [-0.1, -0.05) is 57.2 Å². The predicted molar refractivity (Wildman–Crippen MR) is 166 cm³/mol. The van der Waals surface area contributed by atoms with Crippen LogP contribution in [0.2, 0.25) is 0 Å². The van der Waals surface area contributed by atoms with E-state index in [9.17, 15) is 4.39 Å². The molecule has 6 rings (SSSR count). The highest BCUT2D eigenvalue weighted by molar-refractivity contribution is 5.94. The molecular weight excluding hydrogens is 511 g/mol. The van der Waals surface area contributed by atoms with Gasteiger partial charge in [-0.05, 0) is 79.9 Å². The number of allylic oxidation sites excluding steroid dienone is 2. The summed E-state index contributed by atoms with van der Waals surface area (Å²) in [6, 6.07) is 15.0. The third-order valence-corrected chi connectivity index (χ3v) is 7.35. The van der Waals surface area contributed by atoms with E-state index >= 15 is 0 Å². The Bertz CT molecular complexity index is 1650. The maximum Gasteiger partial charge on any atom is 0.159 e. The monoisotopic (exact) mass is 548 g/mol. The molecule has 41 heavy (non-hydrogen) atoms. The Hall–Kier alpha value is -4.36. The van der Waals surface area contributed by atoms with Crippen molar-refractivity contribution in [2.24, 2.45) is 0 Å². The molecule has 0 spiro atoms. The maximum absolute atomic E-state index is 13.6. The van der Waals surface area contributed by atoms with Gasteiger partial charge in [0.25, 0.3) is 0 Å². The zero-order chi connectivity index (χ0) is 28.8. The van der Waals surface area contributed by atoms with Gasteiger partial charge in [0.15, 0.2) is 5.82 Å². The van der Waals surface area contributed by atoms with E-state index in [2.05, 4.69) is 55.9 Å². The van der Waals surface area contributed by atoms with Crippen LogP contribution in [0.5, 0.6) is 0 Å². The number of aromatic nitrogens is 5. The van der Waals surface area contributed by atoms with Crippen LogP contribution in [-0.4, -0.2) is 43.1 Å². The number of fused-ring (bicyclic) bond motifs is 1. The summed E-state index contributed by atoms with van der Waals surface area (Å²) in [7, 11) is 0. The second kappa shape index (κ2) is 12.9. The molecule has 210 valence electrons. The minimum absolute atomic E-state index is 0.276. The molecule has 1 fully saturated rings. The highest BCUT2D eigenvalue weighted by Crippen LogP contribution is 2.32. The van der Waals surface area contributed by atoms with E-state index in [0.717, 1.165) is 69.9 Å². The molecule has 1 saturated heterocycles. The topological polar surface area (TPSA) is 73.5 Å². The lowest BCUT2D eigenvalue weighted by molar-refractivity contribution is 0.220. The van der Waals surface area contributed by atoms with E-state index in [1.807, 2.05) is 39.2 Å². The molecule has 0 bridgehead atoms. The van der Waals surface area contributed by atoms with Gasteiger partial charge in [0.2, 0.25) is 0 Å². The average Bonchev–Trinajstić information content (AvgIpc) is 3.61. The molecule has 7 heteroatoms. The molecule has 6 nitrogen and oxygen atoms in total. The quantitative estimate of drug-likeness (QED) is 0.202. The van der Waals surface area contributed by atoms with E-state index in [0.29, 0.717) is 5.82 Å². The summed E-state index contributed by atoms with van der Waals surface area (Å²) in [6.45, 7) is 13.1. The highest BCUT2D eigenvalue weighted by atomic mass is 19.1. The predicted octanol–water partition coefficient (Wildman–Crippen LogP) is 8.09. The summed E-state index contributed by atoms with van der Waals surface area (Å²) in [5.41, 5.74) is 8.48. The number of rotatable bonds is 7. The van der Waals surface area contributed by atoms with Crippen LogP contribution in [0.1, 0.15) is 55.6 Å². The lowest BCUT2D eigenvalue weighted by Gasteiger charge is -2.26. The summed E-state index contributed by atoms with van der Waals surface area (Å²) >= 11 is 0. The number of imidazole rings is 1. The van der Waals surface area contributed by atoms with Crippen LogP contribution in [-0.2, 0) is 6.54 Å². The molecule has 0 amide bonds. The molecule has 2 N–H and O–H groups in total. The van der Waals surface area contributed by atoms with Gasteiger partial charge in [-0.25, -0.2) is 9.37 Å². The van der Waals surface area contributed by atoms with Crippen LogP contribution in [0.3, 0.4) is 0 Å². The Morgan fingerprint density at radius 1 is 1.00 bits per heavy atom. The van der Waals surface area contributed by atoms with Crippen LogP contribution in [0, 0.1) is 12.7 Å². The fourth-order valence-corrected chi connectivity index (χ4v) is 5.38. The minimum atomic E-state index is -0.276. The number of nitrogens with zero attached hydrogens (tertiary/aromatic N) is 4. The smallest absolute Gasteiger partial charge is 0.159 e. The van der Waals surface area contributed by atoms with Gasteiger partial charge in [0, 0.05) is 41.2 Å². The molecule has 0 atom stereocenters. The first kappa shape index (κ1) is 28.2. The van der Waals surface area contributed by atoms with Crippen molar-refractivity contribution in [1.29, 1.82) is 0 Å². The van der Waals surface area contributed by atoms with Gasteiger partial charge in [0.1, 0.15) is 11.5 Å². The Labute approximate surface area is 241 Å². The molecule has 0 radical (unpaired) electrons. The lowest BCUT2D eigenvalue weighted by Crippen LogP contribution is -2.29. The lowest BCUT2D eigenvalue weighted by atomic mass is 10.0. The number of piperidine rings is 1. The number of halogens is 1. The Balaban J connectivity index is 0.00000165. The largest absolute Gasteiger partial charge is 0.340 e. The summed E-state index contributed by atoms with van der Waals surface area (Å²) in [5.74, 6) is 0.391. The van der Waals surface area contributed by atoms with Gasteiger partial charge in [-0.3, -0.25) is 15.0 Å². The van der Waals surface area contributed by atoms with E-state index in [4.69, 9.17) is 4.98 Å². The first-order valence-electron chi connectivity index (χ1n) is 14.4. The number of likely N-dealkylation sites (tertiary alicyclic amines) is 1. The number of aryl methyl sites for hydroxylation is 1. The summed E-state index contributed by atoms with van der Waals surface area (Å²) in [4.78, 5) is 15.4. The highest BCUT2D eigenvalue weighted by Gasteiger charge is 2.18. The van der Waals surface area contributed by atoms with Crippen molar-refractivity contribution in [2.75, 3.05) is 13.1 Å². The molecule has 3 aromatic heterocycles. The second-order valence-electron chi connectivity index (χ2n) is 10.1. The number of nitrogens with one attached hydrogen (secondary N) is 2. The van der Waals surface area contributed by atoms with Crippen LogP contribution >= 0.6 is 0 Å². The zero-order valence-electron chi connectivity index (χ0n) is 24.0. The van der Waals surface area contributed by atoms with Crippen LogP contribution < -0.4 is 0 Å². The molecule has 5 aromatic rings. The zero-order valence-corrected chi connectivity index (χ0v) is 24.0. The van der Waals surface area contributed by atoms with E-state index < -0.39 is 0 Å². The summed E-state index contributed by atoms with van der Waals surface area (Å²) in [5, 5.41) is 8.73. The maximum atomic E-state index is 13.6. The summed E-state index contributed by atoms with van der Waals surface area (Å²) in [6.07, 6.45) is 11.4. The number of H-pyrrole nitrogens is 2. The van der Waals surface area contributed by atoms with Crippen molar-refractivity contribution in [2.45, 2.75) is 46.6 Å². The molecule has 1 aliphatic heterocycles. The summed E-state index contributed by atoms with van der Waals surface area (Å²) < 4.78 is 13.6. The fourth-order valence-electron chi connectivity index (χ4n) is 5.38. The number of benzene rings is 2. The van der Waals surface area contributed by atoms with Crippen molar-refractivity contribution in [3.8, 4) is 22.6 Å². The van der Waals surface area contributed by atoms with E-state index in [-0.39, 0.29) is 5.82 Å². The van der Waals surface area contributed by atoms with Crippen molar-refractivity contribution < 1.29 is 4.39 Å². The minimum Gasteiger partial charge on any atom is -0.340 e. The van der Waals surface area contributed by atoms with Gasteiger partial charge in [0.05, 0.1) is 11.2 Å². The third kappa shape index (κ3) is 6.20. The van der Waals surface area contributed by atoms with Gasteiger partial charge < -0.3 is 4.98 Å². The van der Waals surface area contributed by atoms with Crippen molar-refractivity contribution in [3.05, 3.63) is 108 Å². The second-order valence-corrected chi connectivity index (χ2v) is 10.1. The Morgan fingerprint density at radius 3 is 2.54 bits per heavy atom. The standard InChI is InChI=1S/C32H31FN6.C2H6/c1-3-7-27(23-8-11-26(33)12-9-23)30-21(2)35-32(36-30)31-28-17-24(10-13-29(28)37-38-31)25-16-22(18-34-19-25)20-39-14-5-4-6-15-39;1-2/h3,7-13,16-19H,1,4-6,14-15,20H2,2H3,(H,35,36)(H,37,38);1-2H3/b27-7-;. The van der Waals surface area contributed by atoms with Crippen molar-refractivity contribution in [3.63, 3.8) is 0 Å². The van der Waals surface area contributed by atoms with Gasteiger partial charge in [-0.15, -0.1) is 0 Å². The fraction of sp³-hybridized carbons (Fsp3) is 0.265. The first-order chi connectivity index (χ1) is 20.1. The van der Waals surface area contributed by atoms with Gasteiger partial charge >= 0.3 is 0 Å². The molecule has 0 saturated carbocycles. The Morgan fingerprint density at radius 2 is 1.78 bits per heavy atom. The van der Waals surface area contributed by atoms with Crippen LogP contribution in [0.25, 0.3) is 39.1 Å². The van der Waals surface area contributed by atoms with Crippen LogP contribution in [0.15, 0.2) is 79.7 Å². The molecule has 2 aromatic carbocycles. The number of pyridine rings is 1. The van der Waals surface area contributed by atoms with Crippen molar-refractivity contribution >= 4 is 16.5 Å². The third-order valence-electron chi connectivity index (χ3n) is 7.35. The molecule has 0 aliphatic carbocycles. The Kier molecular flexibility index (Phi) is 8.85. The van der Waals surface area contributed by atoms with E-state index in [1.54, 1.807) is 18.2 Å².